The number of nitrogens with zero attached hydrogens (tertiary/aromatic N) is 1. The molecule has 6 heteroatoms. The molecule has 5 nitrogen and oxygen atoms in total. The van der Waals surface area contributed by atoms with E-state index in [0.29, 0.717) is 5.69 Å². The third-order valence-corrected chi connectivity index (χ3v) is 3.21. The van der Waals surface area contributed by atoms with Crippen LogP contribution in [0.25, 0.3) is 0 Å². The number of rotatable bonds is 4. The minimum absolute atomic E-state index is 0.0269. The van der Waals surface area contributed by atoms with Gasteiger partial charge in [-0.3, -0.25) is 4.98 Å². The molecule has 0 bridgehead atoms. The number of hydrogen-bond acceptors (Lipinski definition) is 4. The van der Waals surface area contributed by atoms with Gasteiger partial charge in [-0.15, -0.1) is 0 Å². The quantitative estimate of drug-likeness (QED) is 0.902. The molecule has 18 heavy (non-hydrogen) atoms. The molecular weight excluding hydrogens is 252 g/mol. The summed E-state index contributed by atoms with van der Waals surface area (Å²) in [6, 6.07) is 11.7. The highest BCUT2D eigenvalue weighted by Crippen LogP contribution is 2.22. The van der Waals surface area contributed by atoms with Gasteiger partial charge >= 0.3 is 0 Å². The molecule has 94 valence electrons. The van der Waals surface area contributed by atoms with Crippen LogP contribution in [0.1, 0.15) is 5.69 Å². The first-order chi connectivity index (χ1) is 8.57. The van der Waals surface area contributed by atoms with Gasteiger partial charge in [-0.05, 0) is 24.3 Å². The van der Waals surface area contributed by atoms with Gasteiger partial charge in [0.05, 0.1) is 5.69 Å². The van der Waals surface area contributed by atoms with Crippen LogP contribution in [0.5, 0.6) is 5.75 Å². The summed E-state index contributed by atoms with van der Waals surface area (Å²) in [6.45, 7) is 0.188. The van der Waals surface area contributed by atoms with Crippen LogP contribution < -0.4 is 9.88 Å². The highest BCUT2D eigenvalue weighted by atomic mass is 32.2. The monoisotopic (exact) mass is 264 g/mol. The molecule has 2 aromatic rings. The maximum absolute atomic E-state index is 11.3. The summed E-state index contributed by atoms with van der Waals surface area (Å²) in [5.41, 5.74) is 0.710. The van der Waals surface area contributed by atoms with Gasteiger partial charge in [0.15, 0.2) is 0 Å². The lowest BCUT2D eigenvalue weighted by atomic mass is 10.3. The fourth-order valence-electron chi connectivity index (χ4n) is 1.44. The lowest BCUT2D eigenvalue weighted by Gasteiger charge is -2.09. The van der Waals surface area contributed by atoms with Gasteiger partial charge in [0.1, 0.15) is 17.3 Å². The smallest absolute Gasteiger partial charge is 0.241 e. The first-order valence-corrected chi connectivity index (χ1v) is 6.76. The molecule has 0 radical (unpaired) electrons. The van der Waals surface area contributed by atoms with E-state index >= 15 is 0 Å². The summed E-state index contributed by atoms with van der Waals surface area (Å²) < 4.78 is 28.1. The molecule has 0 unspecified atom stereocenters. The molecule has 0 aliphatic heterocycles. The predicted octanol–water partition coefficient (Wildman–Crippen LogP) is 1.31. The van der Waals surface area contributed by atoms with E-state index in [2.05, 4.69) is 4.98 Å². The number of nitrogens with two attached hydrogens (primary N) is 1. The summed E-state index contributed by atoms with van der Waals surface area (Å²) in [5.74, 6) is 0.227. The molecule has 0 aliphatic carbocycles. The largest absolute Gasteiger partial charge is 0.486 e. The number of sulfonamides is 1. The van der Waals surface area contributed by atoms with Gasteiger partial charge in [0.25, 0.3) is 0 Å². The van der Waals surface area contributed by atoms with Crippen LogP contribution >= 0.6 is 0 Å². The maximum Gasteiger partial charge on any atom is 0.241 e. The van der Waals surface area contributed by atoms with Crippen molar-refractivity contribution in [2.24, 2.45) is 5.14 Å². The first-order valence-electron chi connectivity index (χ1n) is 5.22. The third kappa shape index (κ3) is 3.06. The molecule has 0 spiro atoms. The fourth-order valence-corrected chi connectivity index (χ4v) is 2.12. The van der Waals surface area contributed by atoms with Crippen LogP contribution in [0.15, 0.2) is 53.6 Å². The van der Waals surface area contributed by atoms with Gasteiger partial charge in [-0.25, -0.2) is 13.6 Å². The van der Waals surface area contributed by atoms with E-state index in [9.17, 15) is 8.42 Å². The molecule has 0 atom stereocenters. The molecule has 0 saturated carbocycles. The number of primary sulfonamides is 1. The van der Waals surface area contributed by atoms with Crippen molar-refractivity contribution in [3.8, 4) is 5.75 Å². The molecule has 0 saturated heterocycles. The van der Waals surface area contributed by atoms with Crippen LogP contribution in [0, 0.1) is 0 Å². The first kappa shape index (κ1) is 12.5. The van der Waals surface area contributed by atoms with Gasteiger partial charge in [-0.1, -0.05) is 18.2 Å². The Balaban J connectivity index is 2.20. The standard InChI is InChI=1S/C12H12N2O3S/c13-18(15,16)12-7-2-1-6-11(12)17-9-10-5-3-4-8-14-10/h1-8H,9H2,(H2,13,15,16). The lowest BCUT2D eigenvalue weighted by molar-refractivity contribution is 0.293. The Labute approximate surface area is 105 Å². The Morgan fingerprint density at radius 3 is 2.50 bits per heavy atom. The Morgan fingerprint density at radius 2 is 1.83 bits per heavy atom. The van der Waals surface area contributed by atoms with Gasteiger partial charge in [0, 0.05) is 6.20 Å². The van der Waals surface area contributed by atoms with Gasteiger partial charge in [-0.2, -0.15) is 0 Å². The van der Waals surface area contributed by atoms with E-state index < -0.39 is 10.0 Å². The van der Waals surface area contributed by atoms with Crippen LogP contribution in [-0.4, -0.2) is 13.4 Å². The SMILES string of the molecule is NS(=O)(=O)c1ccccc1OCc1ccccn1. The second kappa shape index (κ2) is 5.16. The zero-order valence-corrected chi connectivity index (χ0v) is 10.3. The normalized spacial score (nSPS) is 11.2. The molecule has 1 aromatic carbocycles. The molecule has 0 fully saturated rings. The average Bonchev–Trinajstić information content (AvgIpc) is 2.37. The molecule has 0 amide bonds. The van der Waals surface area contributed by atoms with Crippen molar-refractivity contribution in [3.05, 3.63) is 54.4 Å². The zero-order valence-electron chi connectivity index (χ0n) is 9.48. The Morgan fingerprint density at radius 1 is 1.11 bits per heavy atom. The molecule has 1 heterocycles. The van der Waals surface area contributed by atoms with Crippen molar-refractivity contribution in [3.63, 3.8) is 0 Å². The van der Waals surface area contributed by atoms with Crippen molar-refractivity contribution in [2.45, 2.75) is 11.5 Å². The Kier molecular flexibility index (Phi) is 3.59. The number of hydrogen-bond donors (Lipinski definition) is 1. The summed E-state index contributed by atoms with van der Waals surface area (Å²) in [5, 5.41) is 5.10. The number of benzene rings is 1. The summed E-state index contributed by atoms with van der Waals surface area (Å²) in [4.78, 5) is 4.05. The molecule has 2 N–H and O–H groups in total. The fraction of sp³-hybridized carbons (Fsp3) is 0.0833. The van der Waals surface area contributed by atoms with Crippen LogP contribution in [0.2, 0.25) is 0 Å². The van der Waals surface area contributed by atoms with Crippen molar-refractivity contribution < 1.29 is 13.2 Å². The number of ether oxygens (including phenoxy) is 1. The highest BCUT2D eigenvalue weighted by Gasteiger charge is 2.14. The van der Waals surface area contributed by atoms with Crippen LogP contribution in [-0.2, 0) is 16.6 Å². The molecular formula is C12H12N2O3S. The Bertz CT molecular complexity index is 627. The van der Waals surface area contributed by atoms with Crippen molar-refractivity contribution >= 4 is 10.0 Å². The third-order valence-electron chi connectivity index (χ3n) is 2.26. The zero-order chi connectivity index (χ0) is 13.0. The molecule has 0 aliphatic rings. The van der Waals surface area contributed by atoms with Crippen LogP contribution in [0.4, 0.5) is 0 Å². The summed E-state index contributed by atoms with van der Waals surface area (Å²) in [7, 11) is -3.78. The van der Waals surface area contributed by atoms with E-state index in [-0.39, 0.29) is 17.3 Å². The average molecular weight is 264 g/mol. The van der Waals surface area contributed by atoms with Gasteiger partial charge < -0.3 is 4.74 Å². The van der Waals surface area contributed by atoms with Crippen molar-refractivity contribution in [2.75, 3.05) is 0 Å². The number of pyridine rings is 1. The minimum Gasteiger partial charge on any atom is -0.486 e. The predicted molar refractivity (Wildman–Crippen MR) is 66.4 cm³/mol. The van der Waals surface area contributed by atoms with Crippen LogP contribution in [0.3, 0.4) is 0 Å². The topological polar surface area (TPSA) is 82.3 Å². The molecule has 2 rings (SSSR count). The maximum atomic E-state index is 11.3. The second-order valence-electron chi connectivity index (χ2n) is 3.60. The number of para-hydroxylation sites is 1. The summed E-state index contributed by atoms with van der Waals surface area (Å²) >= 11 is 0. The van der Waals surface area contributed by atoms with Crippen molar-refractivity contribution in [1.82, 2.24) is 4.98 Å². The van der Waals surface area contributed by atoms with E-state index in [1.807, 2.05) is 6.07 Å². The van der Waals surface area contributed by atoms with E-state index in [1.54, 1.807) is 36.5 Å². The van der Waals surface area contributed by atoms with E-state index in [1.165, 1.54) is 6.07 Å². The minimum atomic E-state index is -3.78. The van der Waals surface area contributed by atoms with E-state index in [0.717, 1.165) is 0 Å². The molecule has 1 aromatic heterocycles. The summed E-state index contributed by atoms with van der Waals surface area (Å²) in [6.07, 6.45) is 1.64. The Hall–Kier alpha value is -1.92. The highest BCUT2D eigenvalue weighted by molar-refractivity contribution is 7.89. The van der Waals surface area contributed by atoms with E-state index in [4.69, 9.17) is 9.88 Å². The lowest BCUT2D eigenvalue weighted by Crippen LogP contribution is -2.13. The number of aromatic nitrogens is 1. The van der Waals surface area contributed by atoms with Gasteiger partial charge in [0.2, 0.25) is 10.0 Å². The second-order valence-corrected chi connectivity index (χ2v) is 5.13. The van der Waals surface area contributed by atoms with Crippen molar-refractivity contribution in [1.29, 1.82) is 0 Å².